The second-order valence-corrected chi connectivity index (χ2v) is 8.81. The lowest BCUT2D eigenvalue weighted by Gasteiger charge is -2.22. The third-order valence-electron chi connectivity index (χ3n) is 5.29. The molecule has 4 rings (SSSR count). The van der Waals surface area contributed by atoms with Crippen molar-refractivity contribution < 1.29 is 19.1 Å². The molecule has 1 heterocycles. The lowest BCUT2D eigenvalue weighted by Crippen LogP contribution is -2.36. The van der Waals surface area contributed by atoms with E-state index >= 15 is 0 Å². The number of esters is 1. The van der Waals surface area contributed by atoms with Crippen LogP contribution in [0.2, 0.25) is 0 Å². The van der Waals surface area contributed by atoms with Crippen molar-refractivity contribution in [3.8, 4) is 5.75 Å². The molecule has 0 radical (unpaired) electrons. The zero-order valence-corrected chi connectivity index (χ0v) is 18.4. The molecule has 0 N–H and O–H groups in total. The molecule has 162 valence electrons. The number of amides is 1. The largest absolute Gasteiger partial charge is 0.497 e. The SMILES string of the molecule is COc1ccc(CN(C(=O)COC(=O)CCCc2nc3ccccc3s2)C2CC2)cc1. The minimum Gasteiger partial charge on any atom is -0.497 e. The Morgan fingerprint density at radius 1 is 1.13 bits per heavy atom. The fraction of sp³-hybridized carbons (Fsp3) is 0.375. The van der Waals surface area contributed by atoms with Crippen LogP contribution in [0.1, 0.15) is 36.3 Å². The highest BCUT2D eigenvalue weighted by atomic mass is 32.1. The number of methoxy groups -OCH3 is 1. The Hall–Kier alpha value is -2.93. The van der Waals surface area contributed by atoms with E-state index < -0.39 is 0 Å². The number of carbonyl (C=O) groups excluding carboxylic acids is 2. The van der Waals surface area contributed by atoms with Crippen LogP contribution in [0.5, 0.6) is 5.75 Å². The summed E-state index contributed by atoms with van der Waals surface area (Å²) in [6, 6.07) is 15.9. The number of ether oxygens (including phenoxy) is 2. The second kappa shape index (κ2) is 9.92. The number of benzene rings is 2. The van der Waals surface area contributed by atoms with Crippen molar-refractivity contribution in [3.63, 3.8) is 0 Å². The molecule has 1 aliphatic rings. The van der Waals surface area contributed by atoms with Gasteiger partial charge < -0.3 is 14.4 Å². The fourth-order valence-corrected chi connectivity index (χ4v) is 4.45. The Kier molecular flexibility index (Phi) is 6.82. The van der Waals surface area contributed by atoms with Crippen molar-refractivity contribution >= 4 is 33.4 Å². The van der Waals surface area contributed by atoms with Gasteiger partial charge in [0.2, 0.25) is 0 Å². The Bertz CT molecular complexity index is 1010. The van der Waals surface area contributed by atoms with Gasteiger partial charge in [-0.05, 0) is 55.5 Å². The number of carbonyl (C=O) groups is 2. The number of rotatable bonds is 10. The Balaban J connectivity index is 1.22. The fourth-order valence-electron chi connectivity index (χ4n) is 3.44. The van der Waals surface area contributed by atoms with Gasteiger partial charge in [-0.25, -0.2) is 4.98 Å². The van der Waals surface area contributed by atoms with Crippen LogP contribution in [0.4, 0.5) is 0 Å². The van der Waals surface area contributed by atoms with Gasteiger partial charge in [-0.3, -0.25) is 9.59 Å². The summed E-state index contributed by atoms with van der Waals surface area (Å²) in [6.45, 7) is 0.315. The third-order valence-corrected chi connectivity index (χ3v) is 6.38. The van der Waals surface area contributed by atoms with E-state index in [1.807, 2.05) is 53.4 Å². The van der Waals surface area contributed by atoms with Crippen LogP contribution in [0.25, 0.3) is 10.2 Å². The van der Waals surface area contributed by atoms with Gasteiger partial charge in [0.25, 0.3) is 5.91 Å². The maximum atomic E-state index is 12.7. The first kappa shape index (κ1) is 21.3. The summed E-state index contributed by atoms with van der Waals surface area (Å²) in [4.78, 5) is 31.2. The lowest BCUT2D eigenvalue weighted by atomic mass is 10.2. The number of para-hydroxylation sites is 1. The maximum absolute atomic E-state index is 12.7. The first-order valence-corrected chi connectivity index (χ1v) is 11.4. The van der Waals surface area contributed by atoms with E-state index in [1.54, 1.807) is 18.4 Å². The predicted molar refractivity (Wildman–Crippen MR) is 120 cm³/mol. The highest BCUT2D eigenvalue weighted by molar-refractivity contribution is 7.18. The average molecular weight is 439 g/mol. The lowest BCUT2D eigenvalue weighted by molar-refractivity contribution is -0.152. The summed E-state index contributed by atoms with van der Waals surface area (Å²) >= 11 is 1.65. The molecule has 1 aromatic heterocycles. The van der Waals surface area contributed by atoms with Crippen molar-refractivity contribution in [3.05, 3.63) is 59.1 Å². The van der Waals surface area contributed by atoms with E-state index in [0.717, 1.165) is 45.8 Å². The van der Waals surface area contributed by atoms with Crippen molar-refractivity contribution in [1.29, 1.82) is 0 Å². The van der Waals surface area contributed by atoms with Crippen LogP contribution in [0.3, 0.4) is 0 Å². The van der Waals surface area contributed by atoms with Gasteiger partial charge in [-0.15, -0.1) is 11.3 Å². The summed E-state index contributed by atoms with van der Waals surface area (Å²) in [5.41, 5.74) is 2.02. The van der Waals surface area contributed by atoms with Gasteiger partial charge in [-0.2, -0.15) is 0 Å². The molecular formula is C24H26N2O4S. The van der Waals surface area contributed by atoms with Crippen LogP contribution in [-0.4, -0.2) is 41.5 Å². The van der Waals surface area contributed by atoms with E-state index in [4.69, 9.17) is 9.47 Å². The number of hydrogen-bond acceptors (Lipinski definition) is 6. The van der Waals surface area contributed by atoms with Gasteiger partial charge in [0.1, 0.15) is 5.75 Å². The molecule has 2 aromatic carbocycles. The third kappa shape index (κ3) is 5.82. The molecule has 7 heteroatoms. The minimum atomic E-state index is -0.338. The van der Waals surface area contributed by atoms with Crippen LogP contribution >= 0.6 is 11.3 Å². The monoisotopic (exact) mass is 438 g/mol. The van der Waals surface area contributed by atoms with Gasteiger partial charge >= 0.3 is 5.97 Å². The van der Waals surface area contributed by atoms with Crippen molar-refractivity contribution in [2.24, 2.45) is 0 Å². The van der Waals surface area contributed by atoms with Crippen LogP contribution < -0.4 is 4.74 Å². The molecule has 0 unspecified atom stereocenters. The molecule has 6 nitrogen and oxygen atoms in total. The number of thiazole rings is 1. The number of nitrogens with zero attached hydrogens (tertiary/aromatic N) is 2. The van der Waals surface area contributed by atoms with E-state index in [-0.39, 0.29) is 30.9 Å². The smallest absolute Gasteiger partial charge is 0.306 e. The summed E-state index contributed by atoms with van der Waals surface area (Å²) in [5.74, 6) is 0.306. The zero-order chi connectivity index (χ0) is 21.6. The van der Waals surface area contributed by atoms with Gasteiger partial charge in [0, 0.05) is 19.0 Å². The summed E-state index contributed by atoms with van der Waals surface area (Å²) in [6.07, 6.45) is 3.67. The number of fused-ring (bicyclic) bond motifs is 1. The Morgan fingerprint density at radius 2 is 1.90 bits per heavy atom. The molecule has 1 saturated carbocycles. The summed E-state index contributed by atoms with van der Waals surface area (Å²) < 4.78 is 11.6. The van der Waals surface area contributed by atoms with Crippen molar-refractivity contribution in [1.82, 2.24) is 9.88 Å². The topological polar surface area (TPSA) is 68.7 Å². The maximum Gasteiger partial charge on any atom is 0.306 e. The van der Waals surface area contributed by atoms with Crippen LogP contribution in [0.15, 0.2) is 48.5 Å². The summed E-state index contributed by atoms with van der Waals surface area (Å²) in [5, 5.41) is 1.02. The van der Waals surface area contributed by atoms with E-state index in [2.05, 4.69) is 4.98 Å². The minimum absolute atomic E-state index is 0.141. The van der Waals surface area contributed by atoms with Gasteiger partial charge in [0.15, 0.2) is 6.61 Å². The van der Waals surface area contributed by atoms with E-state index in [1.165, 1.54) is 0 Å². The van der Waals surface area contributed by atoms with Crippen molar-refractivity contribution in [2.45, 2.75) is 44.7 Å². The molecule has 0 saturated heterocycles. The molecule has 0 spiro atoms. The first-order chi connectivity index (χ1) is 15.1. The average Bonchev–Trinajstić information content (AvgIpc) is 3.54. The highest BCUT2D eigenvalue weighted by Gasteiger charge is 2.32. The van der Waals surface area contributed by atoms with Crippen LogP contribution in [0, 0.1) is 0 Å². The number of aryl methyl sites for hydroxylation is 1. The van der Waals surface area contributed by atoms with E-state index in [0.29, 0.717) is 13.0 Å². The predicted octanol–water partition coefficient (Wildman–Crippen LogP) is 4.36. The Morgan fingerprint density at radius 3 is 2.61 bits per heavy atom. The second-order valence-electron chi connectivity index (χ2n) is 7.69. The quantitative estimate of drug-likeness (QED) is 0.440. The molecule has 3 aromatic rings. The summed E-state index contributed by atoms with van der Waals surface area (Å²) in [7, 11) is 1.63. The number of hydrogen-bond donors (Lipinski definition) is 0. The first-order valence-electron chi connectivity index (χ1n) is 10.5. The Labute approximate surface area is 185 Å². The van der Waals surface area contributed by atoms with Crippen LogP contribution in [-0.2, 0) is 27.3 Å². The molecule has 0 atom stereocenters. The molecule has 31 heavy (non-hydrogen) atoms. The van der Waals surface area contributed by atoms with Gasteiger partial charge in [-0.1, -0.05) is 24.3 Å². The molecule has 1 aliphatic carbocycles. The molecule has 1 fully saturated rings. The van der Waals surface area contributed by atoms with Crippen molar-refractivity contribution in [2.75, 3.05) is 13.7 Å². The highest BCUT2D eigenvalue weighted by Crippen LogP contribution is 2.29. The van der Waals surface area contributed by atoms with Gasteiger partial charge in [0.05, 0.1) is 22.3 Å². The zero-order valence-electron chi connectivity index (χ0n) is 17.6. The number of aromatic nitrogens is 1. The molecule has 1 amide bonds. The standard InChI is InChI=1S/C24H26N2O4S/c1-29-19-13-9-17(10-14-19)15-26(18-11-12-18)23(27)16-30-24(28)8-4-7-22-25-20-5-2-3-6-21(20)31-22/h2-3,5-6,9-10,13-14,18H,4,7-8,11-12,15-16H2,1H3. The molecule has 0 bridgehead atoms. The molecule has 0 aliphatic heterocycles. The normalized spacial score (nSPS) is 13.2. The van der Waals surface area contributed by atoms with E-state index in [9.17, 15) is 9.59 Å². The molecular weight excluding hydrogens is 412 g/mol.